The Morgan fingerprint density at radius 1 is 1.10 bits per heavy atom. The maximum absolute atomic E-state index is 13.6. The summed E-state index contributed by atoms with van der Waals surface area (Å²) >= 11 is 0. The number of hydrogen-bond donors (Lipinski definition) is 2. The number of nitrogens with zero attached hydrogens (tertiary/aromatic N) is 3. The summed E-state index contributed by atoms with van der Waals surface area (Å²) in [4.78, 5) is 25.9. The number of furan rings is 1. The molecule has 0 saturated heterocycles. The first kappa shape index (κ1) is 27.4. The van der Waals surface area contributed by atoms with Crippen LogP contribution in [0.3, 0.4) is 0 Å². The number of carbonyl (C=O) groups excluding carboxylic acids is 2. The van der Waals surface area contributed by atoms with E-state index in [1.807, 2.05) is 62.4 Å². The van der Waals surface area contributed by atoms with E-state index in [2.05, 4.69) is 32.7 Å². The van der Waals surface area contributed by atoms with Crippen molar-refractivity contribution in [1.29, 1.82) is 0 Å². The molecule has 1 aliphatic rings. The van der Waals surface area contributed by atoms with Crippen molar-refractivity contribution in [3.05, 3.63) is 73.1 Å². The second-order valence-corrected chi connectivity index (χ2v) is 11.1. The molecule has 2 amide bonds. The van der Waals surface area contributed by atoms with Gasteiger partial charge in [0.05, 0.1) is 17.9 Å². The predicted octanol–water partition coefficient (Wildman–Crippen LogP) is 6.04. The molecule has 4 aromatic rings. The van der Waals surface area contributed by atoms with Crippen LogP contribution in [0.4, 0.5) is 0 Å². The predicted molar refractivity (Wildman–Crippen MR) is 156 cm³/mol. The van der Waals surface area contributed by atoms with E-state index in [9.17, 15) is 9.59 Å². The molecule has 5 rings (SSSR count). The first-order valence-electron chi connectivity index (χ1n) is 14.1. The van der Waals surface area contributed by atoms with Crippen LogP contribution in [-0.4, -0.2) is 26.6 Å². The number of primary amides is 1. The maximum atomic E-state index is 13.6. The van der Waals surface area contributed by atoms with E-state index in [1.165, 1.54) is 0 Å². The molecule has 3 N–H and O–H groups in total. The SMILES string of the molecule is C=CC[C@H](C(N)=O)[C@@H](CC(C)C)C(=O)N[C@H]1CCCCn2c(-c3cccc(-c4cc5ccccc5o4)c3)nnc21. The number of rotatable bonds is 10. The molecular weight excluding hydrogens is 502 g/mol. The molecule has 0 unspecified atom stereocenters. The number of para-hydroxylation sites is 1. The molecule has 0 aliphatic carbocycles. The highest BCUT2D eigenvalue weighted by Gasteiger charge is 2.35. The van der Waals surface area contributed by atoms with Crippen molar-refractivity contribution in [3.63, 3.8) is 0 Å². The van der Waals surface area contributed by atoms with Crippen molar-refractivity contribution >= 4 is 22.8 Å². The van der Waals surface area contributed by atoms with Crippen LogP contribution in [0.2, 0.25) is 0 Å². The maximum Gasteiger partial charge on any atom is 0.224 e. The third kappa shape index (κ3) is 5.71. The van der Waals surface area contributed by atoms with Gasteiger partial charge in [0, 0.05) is 23.1 Å². The number of allylic oxidation sites excluding steroid dienone is 1. The number of nitrogens with one attached hydrogen (secondary N) is 1. The van der Waals surface area contributed by atoms with Gasteiger partial charge in [-0.2, -0.15) is 0 Å². The largest absolute Gasteiger partial charge is 0.456 e. The Balaban J connectivity index is 1.43. The Bertz CT molecular complexity index is 1480. The van der Waals surface area contributed by atoms with Gasteiger partial charge in [0.2, 0.25) is 11.8 Å². The summed E-state index contributed by atoms with van der Waals surface area (Å²) in [6, 6.07) is 17.8. The zero-order valence-electron chi connectivity index (χ0n) is 23.2. The van der Waals surface area contributed by atoms with Gasteiger partial charge < -0.3 is 20.0 Å². The minimum absolute atomic E-state index is 0.172. The molecule has 8 nitrogen and oxygen atoms in total. The molecule has 0 saturated carbocycles. The number of benzene rings is 2. The van der Waals surface area contributed by atoms with E-state index >= 15 is 0 Å². The van der Waals surface area contributed by atoms with Crippen molar-refractivity contribution < 1.29 is 14.0 Å². The van der Waals surface area contributed by atoms with Gasteiger partial charge >= 0.3 is 0 Å². The van der Waals surface area contributed by atoms with Crippen molar-refractivity contribution in [2.75, 3.05) is 0 Å². The highest BCUT2D eigenvalue weighted by Crippen LogP contribution is 2.33. The Labute approximate surface area is 234 Å². The van der Waals surface area contributed by atoms with Crippen LogP contribution in [0.15, 0.2) is 71.7 Å². The lowest BCUT2D eigenvalue weighted by Crippen LogP contribution is -2.42. The lowest BCUT2D eigenvalue weighted by atomic mass is 9.82. The summed E-state index contributed by atoms with van der Waals surface area (Å²) in [5, 5.41) is 13.4. The van der Waals surface area contributed by atoms with Crippen molar-refractivity contribution in [1.82, 2.24) is 20.1 Å². The summed E-state index contributed by atoms with van der Waals surface area (Å²) in [7, 11) is 0. The van der Waals surface area contributed by atoms with Crippen LogP contribution in [0.1, 0.15) is 57.8 Å². The lowest BCUT2D eigenvalue weighted by molar-refractivity contribution is -0.134. The molecule has 0 bridgehead atoms. The summed E-state index contributed by atoms with van der Waals surface area (Å²) in [5.74, 6) is 0.738. The molecule has 208 valence electrons. The molecule has 3 atom stereocenters. The van der Waals surface area contributed by atoms with E-state index in [1.54, 1.807) is 6.08 Å². The lowest BCUT2D eigenvalue weighted by Gasteiger charge is -2.27. The molecule has 0 spiro atoms. The van der Waals surface area contributed by atoms with E-state index in [0.29, 0.717) is 12.8 Å². The molecule has 2 aromatic heterocycles. The van der Waals surface area contributed by atoms with Crippen LogP contribution in [0, 0.1) is 17.8 Å². The number of hydrogen-bond acceptors (Lipinski definition) is 5. The topological polar surface area (TPSA) is 116 Å². The normalized spacial score (nSPS) is 16.7. The molecule has 0 fully saturated rings. The van der Waals surface area contributed by atoms with Crippen molar-refractivity contribution in [2.45, 2.75) is 58.5 Å². The Hall–Kier alpha value is -4.20. The molecular formula is C32H37N5O3. The summed E-state index contributed by atoms with van der Waals surface area (Å²) in [6.45, 7) is 8.61. The molecule has 1 aliphatic heterocycles. The summed E-state index contributed by atoms with van der Waals surface area (Å²) < 4.78 is 8.21. The smallest absolute Gasteiger partial charge is 0.224 e. The standard InChI is InChI=1S/C32H37N5O3/c1-4-10-24(29(33)38)25(17-20(2)3)32(39)34-26-14-7-8-16-37-30(35-36-31(26)37)23-13-9-12-21(18-23)28-19-22-11-5-6-15-27(22)40-28/h4-6,9,11-13,15,18-20,24-26H,1,7-8,10,14,16-17H2,2-3H3,(H2,33,38)(H,34,39)/t24-,25+,26-/m0/s1. The zero-order valence-corrected chi connectivity index (χ0v) is 23.2. The Kier molecular flexibility index (Phi) is 8.14. The van der Waals surface area contributed by atoms with E-state index < -0.39 is 17.7 Å². The third-order valence-corrected chi connectivity index (χ3v) is 7.70. The zero-order chi connectivity index (χ0) is 28.2. The van der Waals surface area contributed by atoms with Gasteiger partial charge in [0.15, 0.2) is 11.6 Å². The Morgan fingerprint density at radius 3 is 2.65 bits per heavy atom. The molecule has 3 heterocycles. The van der Waals surface area contributed by atoms with E-state index in [4.69, 9.17) is 10.2 Å². The fourth-order valence-corrected chi connectivity index (χ4v) is 5.73. The summed E-state index contributed by atoms with van der Waals surface area (Å²) in [5.41, 5.74) is 8.45. The van der Waals surface area contributed by atoms with Crippen LogP contribution in [0.5, 0.6) is 0 Å². The number of amides is 2. The van der Waals surface area contributed by atoms with Crippen molar-refractivity contribution in [2.24, 2.45) is 23.5 Å². The number of aromatic nitrogens is 3. The first-order valence-corrected chi connectivity index (χ1v) is 14.1. The monoisotopic (exact) mass is 539 g/mol. The highest BCUT2D eigenvalue weighted by molar-refractivity contribution is 5.87. The van der Waals surface area contributed by atoms with Crippen LogP contribution in [-0.2, 0) is 16.1 Å². The molecule has 40 heavy (non-hydrogen) atoms. The average molecular weight is 540 g/mol. The van der Waals surface area contributed by atoms with Gasteiger partial charge in [0.1, 0.15) is 11.3 Å². The number of carbonyl (C=O) groups is 2. The van der Waals surface area contributed by atoms with E-state index in [0.717, 1.165) is 65.3 Å². The second-order valence-electron chi connectivity index (χ2n) is 11.1. The van der Waals surface area contributed by atoms with E-state index in [-0.39, 0.29) is 17.9 Å². The van der Waals surface area contributed by atoms with Crippen LogP contribution < -0.4 is 11.1 Å². The first-order chi connectivity index (χ1) is 19.4. The average Bonchev–Trinajstić information content (AvgIpc) is 3.51. The second kappa shape index (κ2) is 11.9. The molecule has 8 heteroatoms. The van der Waals surface area contributed by atoms with Crippen LogP contribution >= 0.6 is 0 Å². The minimum Gasteiger partial charge on any atom is -0.456 e. The van der Waals surface area contributed by atoms with Gasteiger partial charge in [-0.15, -0.1) is 16.8 Å². The fourth-order valence-electron chi connectivity index (χ4n) is 5.73. The molecule has 0 radical (unpaired) electrons. The van der Waals surface area contributed by atoms with Gasteiger partial charge in [-0.25, -0.2) is 0 Å². The van der Waals surface area contributed by atoms with Gasteiger partial charge in [-0.3, -0.25) is 9.59 Å². The van der Waals surface area contributed by atoms with Gasteiger partial charge in [-0.05, 0) is 56.2 Å². The van der Waals surface area contributed by atoms with Crippen LogP contribution in [0.25, 0.3) is 33.7 Å². The van der Waals surface area contributed by atoms with Crippen molar-refractivity contribution in [3.8, 4) is 22.7 Å². The highest BCUT2D eigenvalue weighted by atomic mass is 16.3. The summed E-state index contributed by atoms with van der Waals surface area (Å²) in [6.07, 6.45) is 5.22. The Morgan fingerprint density at radius 2 is 1.90 bits per heavy atom. The number of nitrogens with two attached hydrogens (primary N) is 1. The van der Waals surface area contributed by atoms with Gasteiger partial charge in [-0.1, -0.05) is 56.3 Å². The quantitative estimate of drug-likeness (QED) is 0.238. The fraction of sp³-hybridized carbons (Fsp3) is 0.375. The van der Waals surface area contributed by atoms with Gasteiger partial charge in [0.25, 0.3) is 0 Å². The number of fused-ring (bicyclic) bond motifs is 2. The third-order valence-electron chi connectivity index (χ3n) is 7.70. The molecule has 2 aromatic carbocycles. The minimum atomic E-state index is -0.597.